The van der Waals surface area contributed by atoms with Crippen LogP contribution < -0.4 is 15.2 Å². The van der Waals surface area contributed by atoms with Gasteiger partial charge < -0.3 is 10.9 Å². The normalized spacial score (nSPS) is 11.2. The molecule has 3 rings (SSSR count). The standard InChI is InChI=1S/C22H21ClN2O4S.CH3NO/c1-22(2,3)16-4-7-18(8-5-16)30(28,29)24-20-9-6-17(23)14-19(20)21(26)15-10-12-25(27)13-11-15;2-1-3/h4-14,24H,1-3H3;1H,(H2,2,3). The number of sulfonamides is 1. The number of hydrogen-bond acceptors (Lipinski definition) is 5. The van der Waals surface area contributed by atoms with Crippen LogP contribution in [0.5, 0.6) is 0 Å². The number of rotatable bonds is 5. The maximum atomic E-state index is 12.9. The third-order valence-electron chi connectivity index (χ3n) is 4.57. The lowest BCUT2D eigenvalue weighted by Crippen LogP contribution is -2.24. The van der Waals surface area contributed by atoms with Crippen molar-refractivity contribution in [3.8, 4) is 0 Å². The molecule has 0 atom stereocenters. The zero-order valence-corrected chi connectivity index (χ0v) is 19.9. The fourth-order valence-corrected chi connectivity index (χ4v) is 4.10. The molecule has 1 amide bonds. The van der Waals surface area contributed by atoms with E-state index in [1.54, 1.807) is 12.1 Å². The van der Waals surface area contributed by atoms with Crippen molar-refractivity contribution in [2.24, 2.45) is 5.73 Å². The summed E-state index contributed by atoms with van der Waals surface area (Å²) in [4.78, 5) is 21.6. The molecule has 0 fully saturated rings. The molecule has 2 aromatic carbocycles. The summed E-state index contributed by atoms with van der Waals surface area (Å²) >= 11 is 6.04. The quantitative estimate of drug-likeness (QED) is 0.245. The van der Waals surface area contributed by atoms with Gasteiger partial charge in [-0.1, -0.05) is 44.5 Å². The van der Waals surface area contributed by atoms with Crippen molar-refractivity contribution in [3.05, 3.63) is 93.9 Å². The number of carbonyl (C=O) groups is 2. The van der Waals surface area contributed by atoms with Crippen LogP contribution in [0.2, 0.25) is 5.02 Å². The zero-order chi connectivity index (χ0) is 24.8. The summed E-state index contributed by atoms with van der Waals surface area (Å²) in [7, 11) is -3.93. The second kappa shape index (κ2) is 10.5. The molecule has 0 spiro atoms. The van der Waals surface area contributed by atoms with Gasteiger partial charge in [-0.05, 0) is 41.3 Å². The number of hydrogen-bond donors (Lipinski definition) is 2. The number of carbonyl (C=O) groups excluding carboxylic acids is 2. The molecule has 3 N–H and O–H groups in total. The van der Waals surface area contributed by atoms with Crippen molar-refractivity contribution in [2.75, 3.05) is 4.72 Å². The molecule has 10 heteroatoms. The van der Waals surface area contributed by atoms with Crippen molar-refractivity contribution >= 4 is 39.5 Å². The van der Waals surface area contributed by atoms with E-state index in [1.807, 2.05) is 20.8 Å². The number of ketones is 1. The van der Waals surface area contributed by atoms with Gasteiger partial charge in [-0.25, -0.2) is 8.42 Å². The summed E-state index contributed by atoms with van der Waals surface area (Å²) in [5, 5.41) is 11.5. The molecule has 8 nitrogen and oxygen atoms in total. The molecule has 1 aromatic heterocycles. The van der Waals surface area contributed by atoms with E-state index in [-0.39, 0.29) is 38.6 Å². The number of nitrogens with zero attached hydrogens (tertiary/aromatic N) is 1. The Hall–Kier alpha value is -3.43. The molecule has 1 heterocycles. The van der Waals surface area contributed by atoms with Crippen molar-refractivity contribution in [3.63, 3.8) is 0 Å². The molecule has 174 valence electrons. The SMILES string of the molecule is CC(C)(C)c1ccc(S(=O)(=O)Nc2ccc(Cl)cc2C(=O)c2cc[n+]([O-])cc2)cc1.NC=O. The van der Waals surface area contributed by atoms with Crippen LogP contribution in [0.4, 0.5) is 5.69 Å². The molecule has 0 bridgehead atoms. The van der Waals surface area contributed by atoms with E-state index in [9.17, 15) is 18.4 Å². The van der Waals surface area contributed by atoms with Crippen LogP contribution in [0.15, 0.2) is 71.9 Å². The van der Waals surface area contributed by atoms with Crippen LogP contribution in [-0.4, -0.2) is 20.6 Å². The highest BCUT2D eigenvalue weighted by Crippen LogP contribution is 2.27. The van der Waals surface area contributed by atoms with Gasteiger partial charge in [0.15, 0.2) is 18.2 Å². The third kappa shape index (κ3) is 6.77. The zero-order valence-electron chi connectivity index (χ0n) is 18.3. The van der Waals surface area contributed by atoms with Gasteiger partial charge in [0, 0.05) is 28.3 Å². The number of halogens is 1. The van der Waals surface area contributed by atoms with Crippen LogP contribution in [0, 0.1) is 5.21 Å². The number of nitrogens with one attached hydrogen (secondary N) is 1. The monoisotopic (exact) mass is 489 g/mol. The molecule has 0 aliphatic heterocycles. The fourth-order valence-electron chi connectivity index (χ4n) is 2.85. The van der Waals surface area contributed by atoms with E-state index >= 15 is 0 Å². The first-order chi connectivity index (χ1) is 15.4. The van der Waals surface area contributed by atoms with Crippen molar-refractivity contribution in [1.82, 2.24) is 0 Å². The van der Waals surface area contributed by atoms with Crippen LogP contribution in [0.3, 0.4) is 0 Å². The Labute approximate surface area is 197 Å². The number of benzene rings is 2. The first-order valence-electron chi connectivity index (χ1n) is 9.71. The molecule has 33 heavy (non-hydrogen) atoms. The Balaban J connectivity index is 0.00000122. The molecular weight excluding hydrogens is 466 g/mol. The molecule has 0 aliphatic rings. The lowest BCUT2D eigenvalue weighted by Gasteiger charge is -2.19. The first kappa shape index (κ1) is 25.8. The van der Waals surface area contributed by atoms with Crippen LogP contribution in [0.1, 0.15) is 42.3 Å². The van der Waals surface area contributed by atoms with Gasteiger partial charge in [-0.15, -0.1) is 0 Å². The summed E-state index contributed by atoms with van der Waals surface area (Å²) in [6, 6.07) is 13.6. The maximum absolute atomic E-state index is 12.9. The van der Waals surface area contributed by atoms with Gasteiger partial charge in [0.05, 0.1) is 10.6 Å². The second-order valence-electron chi connectivity index (χ2n) is 7.98. The predicted molar refractivity (Wildman–Crippen MR) is 126 cm³/mol. The average Bonchev–Trinajstić information content (AvgIpc) is 2.75. The third-order valence-corrected chi connectivity index (χ3v) is 6.18. The van der Waals surface area contributed by atoms with Crippen molar-refractivity contribution < 1.29 is 22.7 Å². The first-order valence-corrected chi connectivity index (χ1v) is 11.6. The van der Waals surface area contributed by atoms with Gasteiger partial charge in [0.25, 0.3) is 10.0 Å². The van der Waals surface area contributed by atoms with Gasteiger partial charge in [0.2, 0.25) is 6.41 Å². The molecule has 0 saturated carbocycles. The lowest BCUT2D eigenvalue weighted by molar-refractivity contribution is -0.605. The number of pyridine rings is 1. The van der Waals surface area contributed by atoms with Crippen LogP contribution in [-0.2, 0) is 20.2 Å². The number of primary amides is 1. The molecular formula is C23H24ClN3O5S. The van der Waals surface area contributed by atoms with Gasteiger partial charge in [0.1, 0.15) is 0 Å². The van der Waals surface area contributed by atoms with Gasteiger partial charge >= 0.3 is 0 Å². The largest absolute Gasteiger partial charge is 0.619 e. The van der Waals surface area contributed by atoms with E-state index in [4.69, 9.17) is 16.4 Å². The molecule has 3 aromatic rings. The van der Waals surface area contributed by atoms with E-state index in [0.717, 1.165) is 5.56 Å². The Bertz CT molecular complexity index is 1240. The smallest absolute Gasteiger partial charge is 0.261 e. The fraction of sp³-hybridized carbons (Fsp3) is 0.174. The molecule has 0 unspecified atom stereocenters. The Morgan fingerprint density at radius 2 is 1.61 bits per heavy atom. The van der Waals surface area contributed by atoms with Crippen molar-refractivity contribution in [1.29, 1.82) is 0 Å². The highest BCUT2D eigenvalue weighted by molar-refractivity contribution is 7.92. The van der Waals surface area contributed by atoms with E-state index in [0.29, 0.717) is 4.73 Å². The van der Waals surface area contributed by atoms with Crippen LogP contribution in [0.25, 0.3) is 0 Å². The Kier molecular flexibility index (Phi) is 8.18. The summed E-state index contributed by atoms with van der Waals surface area (Å²) in [5.74, 6) is -0.459. The topological polar surface area (TPSA) is 133 Å². The second-order valence-corrected chi connectivity index (χ2v) is 10.1. The Morgan fingerprint density at radius 3 is 2.12 bits per heavy atom. The number of amides is 1. The van der Waals surface area contributed by atoms with E-state index < -0.39 is 15.8 Å². The van der Waals surface area contributed by atoms with Gasteiger partial charge in [-0.2, -0.15) is 4.73 Å². The highest BCUT2D eigenvalue weighted by atomic mass is 35.5. The molecule has 0 saturated heterocycles. The minimum Gasteiger partial charge on any atom is -0.619 e. The molecule has 0 aliphatic carbocycles. The molecule has 0 radical (unpaired) electrons. The Morgan fingerprint density at radius 1 is 1.06 bits per heavy atom. The van der Waals surface area contributed by atoms with Crippen LogP contribution >= 0.6 is 11.6 Å². The summed E-state index contributed by atoms with van der Waals surface area (Å²) in [6.07, 6.45) is 2.64. The average molecular weight is 490 g/mol. The maximum Gasteiger partial charge on any atom is 0.261 e. The predicted octanol–water partition coefficient (Wildman–Crippen LogP) is 3.40. The minimum atomic E-state index is -3.93. The van der Waals surface area contributed by atoms with E-state index in [1.165, 1.54) is 54.9 Å². The summed E-state index contributed by atoms with van der Waals surface area (Å²) in [6.45, 7) is 6.12. The highest BCUT2D eigenvalue weighted by Gasteiger charge is 2.21. The lowest BCUT2D eigenvalue weighted by atomic mass is 9.87. The van der Waals surface area contributed by atoms with Gasteiger partial charge in [-0.3, -0.25) is 14.3 Å². The number of anilines is 1. The van der Waals surface area contributed by atoms with E-state index in [2.05, 4.69) is 10.5 Å². The number of aromatic nitrogens is 1. The summed E-state index contributed by atoms with van der Waals surface area (Å²) in [5.41, 5.74) is 5.48. The summed E-state index contributed by atoms with van der Waals surface area (Å²) < 4.78 is 28.8. The minimum absolute atomic E-state index is 0.0796. The van der Waals surface area contributed by atoms with Crippen molar-refractivity contribution in [2.45, 2.75) is 31.1 Å². The number of nitrogens with two attached hydrogens (primary N) is 1.